The van der Waals surface area contributed by atoms with E-state index in [2.05, 4.69) is 0 Å². The van der Waals surface area contributed by atoms with E-state index >= 15 is 0 Å². The average Bonchev–Trinajstić information content (AvgIpc) is 2.55. The van der Waals surface area contributed by atoms with E-state index in [0.29, 0.717) is 19.5 Å². The van der Waals surface area contributed by atoms with Gasteiger partial charge in [-0.15, -0.1) is 0 Å². The van der Waals surface area contributed by atoms with E-state index in [-0.39, 0.29) is 18.9 Å². The van der Waals surface area contributed by atoms with Gasteiger partial charge in [-0.1, -0.05) is 0 Å². The van der Waals surface area contributed by atoms with Gasteiger partial charge in [0.2, 0.25) is 0 Å². The monoisotopic (exact) mass is 191 g/mol. The largest absolute Gasteiger partial charge is 0.395 e. The molecule has 2 aliphatic rings. The minimum Gasteiger partial charge on any atom is -0.395 e. The van der Waals surface area contributed by atoms with Crippen LogP contribution in [0.15, 0.2) is 0 Å². The van der Waals surface area contributed by atoms with Gasteiger partial charge in [0, 0.05) is 32.0 Å². The molecule has 2 nitrogen and oxygen atoms in total. The Hall–Kier alpha value is -0.220. The molecular weight excluding hydrogens is 176 g/mol. The summed E-state index contributed by atoms with van der Waals surface area (Å²) in [7, 11) is 0. The molecule has 0 amide bonds. The zero-order valence-corrected chi connectivity index (χ0v) is 7.55. The van der Waals surface area contributed by atoms with Crippen LogP contribution in [0.5, 0.6) is 0 Å². The van der Waals surface area contributed by atoms with Crippen LogP contribution in [0, 0.1) is 11.8 Å². The van der Waals surface area contributed by atoms with E-state index < -0.39 is 11.8 Å². The van der Waals surface area contributed by atoms with Gasteiger partial charge in [0.05, 0.1) is 6.61 Å². The SMILES string of the molecule is OCCN1C[C@H]2CCC(F)(F)[C@H]2C1. The summed E-state index contributed by atoms with van der Waals surface area (Å²) in [5.74, 6) is -2.73. The van der Waals surface area contributed by atoms with E-state index in [4.69, 9.17) is 5.11 Å². The number of fused-ring (bicyclic) bond motifs is 1. The summed E-state index contributed by atoms with van der Waals surface area (Å²) < 4.78 is 26.4. The summed E-state index contributed by atoms with van der Waals surface area (Å²) in [6, 6.07) is 0. The highest BCUT2D eigenvalue weighted by atomic mass is 19.3. The summed E-state index contributed by atoms with van der Waals surface area (Å²) in [6.45, 7) is 1.84. The molecule has 1 heterocycles. The highest BCUT2D eigenvalue weighted by Crippen LogP contribution is 2.47. The average molecular weight is 191 g/mol. The number of hydrogen-bond acceptors (Lipinski definition) is 2. The number of likely N-dealkylation sites (tertiary alicyclic amines) is 1. The maximum Gasteiger partial charge on any atom is 0.252 e. The molecule has 2 rings (SSSR count). The first kappa shape index (κ1) is 9.34. The molecule has 0 unspecified atom stereocenters. The number of rotatable bonds is 2. The predicted octanol–water partition coefficient (Wildman–Crippen LogP) is 0.956. The number of nitrogens with zero attached hydrogens (tertiary/aromatic N) is 1. The van der Waals surface area contributed by atoms with Gasteiger partial charge in [-0.05, 0) is 12.3 Å². The molecule has 13 heavy (non-hydrogen) atoms. The lowest BCUT2D eigenvalue weighted by molar-refractivity contribution is -0.0401. The zero-order chi connectivity index (χ0) is 9.47. The standard InChI is InChI=1S/C9H15F2NO/c10-9(11)2-1-7-5-12(3-4-13)6-8(7)9/h7-8,13H,1-6H2/t7-,8+/m1/s1. The van der Waals surface area contributed by atoms with Crippen molar-refractivity contribution in [3.63, 3.8) is 0 Å². The van der Waals surface area contributed by atoms with Crippen LogP contribution in [0.2, 0.25) is 0 Å². The molecule has 0 aromatic rings. The number of β-amino-alcohol motifs (C(OH)–C–C–N with tert-alkyl or cyclic N) is 1. The topological polar surface area (TPSA) is 23.5 Å². The fraction of sp³-hybridized carbons (Fsp3) is 1.00. The third-order valence-electron chi connectivity index (χ3n) is 3.32. The smallest absolute Gasteiger partial charge is 0.252 e. The van der Waals surface area contributed by atoms with E-state index in [1.54, 1.807) is 0 Å². The predicted molar refractivity (Wildman–Crippen MR) is 44.7 cm³/mol. The quantitative estimate of drug-likeness (QED) is 0.702. The number of halogens is 2. The fourth-order valence-corrected chi connectivity index (χ4v) is 2.62. The van der Waals surface area contributed by atoms with Gasteiger partial charge in [-0.2, -0.15) is 0 Å². The Balaban J connectivity index is 1.98. The van der Waals surface area contributed by atoms with Crippen LogP contribution in [-0.2, 0) is 0 Å². The summed E-state index contributed by atoms with van der Waals surface area (Å²) >= 11 is 0. The zero-order valence-electron chi connectivity index (χ0n) is 7.55. The number of alkyl halides is 2. The first-order valence-corrected chi connectivity index (χ1v) is 4.84. The number of aliphatic hydroxyl groups excluding tert-OH is 1. The molecule has 4 heteroatoms. The summed E-state index contributed by atoms with van der Waals surface area (Å²) in [5, 5.41) is 8.69. The molecule has 1 aliphatic heterocycles. The van der Waals surface area contributed by atoms with Crippen LogP contribution in [0.1, 0.15) is 12.8 Å². The molecule has 76 valence electrons. The van der Waals surface area contributed by atoms with Crippen LogP contribution in [0.4, 0.5) is 8.78 Å². The Morgan fingerprint density at radius 2 is 2.15 bits per heavy atom. The first-order valence-electron chi connectivity index (χ1n) is 4.84. The Labute approximate surface area is 76.5 Å². The lowest BCUT2D eigenvalue weighted by atomic mass is 9.99. The van der Waals surface area contributed by atoms with Crippen LogP contribution in [0.25, 0.3) is 0 Å². The Morgan fingerprint density at radius 1 is 1.38 bits per heavy atom. The van der Waals surface area contributed by atoms with Crippen molar-refractivity contribution in [1.82, 2.24) is 4.90 Å². The van der Waals surface area contributed by atoms with Crippen molar-refractivity contribution in [2.75, 3.05) is 26.2 Å². The maximum atomic E-state index is 13.2. The van der Waals surface area contributed by atoms with Crippen molar-refractivity contribution in [1.29, 1.82) is 0 Å². The first-order chi connectivity index (χ1) is 6.13. The minimum absolute atomic E-state index is 0.0648. The van der Waals surface area contributed by atoms with Gasteiger partial charge in [0.15, 0.2) is 0 Å². The molecule has 1 aliphatic carbocycles. The minimum atomic E-state index is -2.45. The molecule has 0 aromatic carbocycles. The second kappa shape index (κ2) is 3.17. The lowest BCUT2D eigenvalue weighted by Crippen LogP contribution is -2.30. The third-order valence-corrected chi connectivity index (χ3v) is 3.32. The second-order valence-corrected chi connectivity index (χ2v) is 4.15. The lowest BCUT2D eigenvalue weighted by Gasteiger charge is -2.19. The highest BCUT2D eigenvalue weighted by Gasteiger charge is 2.53. The van der Waals surface area contributed by atoms with E-state index in [1.165, 1.54) is 0 Å². The van der Waals surface area contributed by atoms with E-state index in [1.807, 2.05) is 4.90 Å². The van der Waals surface area contributed by atoms with Crippen molar-refractivity contribution in [2.45, 2.75) is 18.8 Å². The molecule has 1 saturated heterocycles. The van der Waals surface area contributed by atoms with Crippen molar-refractivity contribution in [2.24, 2.45) is 11.8 Å². The van der Waals surface area contributed by atoms with Gasteiger partial charge >= 0.3 is 0 Å². The highest BCUT2D eigenvalue weighted by molar-refractivity contribution is 4.97. The molecular formula is C9H15F2NO. The molecule has 2 atom stereocenters. The van der Waals surface area contributed by atoms with Gasteiger partial charge in [0.25, 0.3) is 5.92 Å². The van der Waals surface area contributed by atoms with E-state index in [9.17, 15) is 8.78 Å². The van der Waals surface area contributed by atoms with E-state index in [0.717, 1.165) is 6.54 Å². The normalized spacial score (nSPS) is 38.1. The fourth-order valence-electron chi connectivity index (χ4n) is 2.62. The van der Waals surface area contributed by atoms with Crippen molar-refractivity contribution in [3.05, 3.63) is 0 Å². The molecule has 0 aromatic heterocycles. The maximum absolute atomic E-state index is 13.2. The number of aliphatic hydroxyl groups is 1. The van der Waals surface area contributed by atoms with Crippen LogP contribution in [-0.4, -0.2) is 42.2 Å². The molecule has 0 spiro atoms. The summed E-state index contributed by atoms with van der Waals surface area (Å²) in [5.41, 5.74) is 0. The Kier molecular flexibility index (Phi) is 2.28. The summed E-state index contributed by atoms with van der Waals surface area (Å²) in [6.07, 6.45) is 0.717. The molecule has 1 N–H and O–H groups in total. The van der Waals surface area contributed by atoms with Crippen molar-refractivity contribution in [3.8, 4) is 0 Å². The van der Waals surface area contributed by atoms with Gasteiger partial charge < -0.3 is 10.0 Å². The van der Waals surface area contributed by atoms with Gasteiger partial charge in [-0.3, -0.25) is 0 Å². The molecule has 1 saturated carbocycles. The summed E-state index contributed by atoms with van der Waals surface area (Å²) in [4.78, 5) is 1.95. The molecule has 0 bridgehead atoms. The number of hydrogen-bond donors (Lipinski definition) is 1. The third kappa shape index (κ3) is 1.57. The van der Waals surface area contributed by atoms with Gasteiger partial charge in [0.1, 0.15) is 0 Å². The van der Waals surface area contributed by atoms with Crippen LogP contribution >= 0.6 is 0 Å². The molecule has 2 fully saturated rings. The molecule has 0 radical (unpaired) electrons. The van der Waals surface area contributed by atoms with Gasteiger partial charge in [-0.25, -0.2) is 8.78 Å². The van der Waals surface area contributed by atoms with Crippen molar-refractivity contribution >= 4 is 0 Å². The van der Waals surface area contributed by atoms with Crippen LogP contribution in [0.3, 0.4) is 0 Å². The van der Waals surface area contributed by atoms with Crippen LogP contribution < -0.4 is 0 Å². The van der Waals surface area contributed by atoms with Crippen molar-refractivity contribution < 1.29 is 13.9 Å². The Bertz CT molecular complexity index is 198. The second-order valence-electron chi connectivity index (χ2n) is 4.15. The Morgan fingerprint density at radius 3 is 2.77 bits per heavy atom.